The van der Waals surface area contributed by atoms with Crippen LogP contribution in [0.1, 0.15) is 21.6 Å². The van der Waals surface area contributed by atoms with Crippen molar-refractivity contribution in [2.75, 3.05) is 26.3 Å². The number of aromatic nitrogens is 3. The molecule has 7 heteroatoms. The summed E-state index contributed by atoms with van der Waals surface area (Å²) in [5, 5.41) is 1.14. The van der Waals surface area contributed by atoms with Gasteiger partial charge in [-0.1, -0.05) is 18.2 Å². The van der Waals surface area contributed by atoms with Crippen LogP contribution in [0.3, 0.4) is 0 Å². The van der Waals surface area contributed by atoms with Crippen molar-refractivity contribution in [2.45, 2.75) is 13.3 Å². The second kappa shape index (κ2) is 9.97. The van der Waals surface area contributed by atoms with Gasteiger partial charge in [0.15, 0.2) is 0 Å². The molecule has 0 N–H and O–H groups in total. The summed E-state index contributed by atoms with van der Waals surface area (Å²) in [7, 11) is 0. The minimum absolute atomic E-state index is 0.113. The lowest BCUT2D eigenvalue weighted by molar-refractivity contribution is 0.0734. The van der Waals surface area contributed by atoms with E-state index in [1.165, 1.54) is 5.56 Å². The zero-order chi connectivity index (χ0) is 23.3. The van der Waals surface area contributed by atoms with Crippen LogP contribution in [0.5, 0.6) is 11.6 Å². The minimum atomic E-state index is -0.113. The third-order valence-electron chi connectivity index (χ3n) is 5.97. The number of ether oxygens (including phenoxy) is 2. The quantitative estimate of drug-likeness (QED) is 0.443. The molecule has 1 aliphatic rings. The van der Waals surface area contributed by atoms with Gasteiger partial charge in [-0.15, -0.1) is 0 Å². The highest BCUT2D eigenvalue weighted by atomic mass is 16.5. The maximum absolute atomic E-state index is 13.6. The van der Waals surface area contributed by atoms with Crippen molar-refractivity contribution < 1.29 is 14.3 Å². The molecule has 1 atom stereocenters. The van der Waals surface area contributed by atoms with E-state index in [9.17, 15) is 4.79 Å². The number of rotatable bonds is 5. The van der Waals surface area contributed by atoms with Crippen molar-refractivity contribution in [3.8, 4) is 11.6 Å². The van der Waals surface area contributed by atoms with Gasteiger partial charge in [0, 0.05) is 42.5 Å². The Morgan fingerprint density at radius 3 is 2.82 bits per heavy atom. The minimum Gasteiger partial charge on any atom is -0.437 e. The van der Waals surface area contributed by atoms with Crippen molar-refractivity contribution in [2.24, 2.45) is 5.92 Å². The normalized spacial score (nSPS) is 16.3. The van der Waals surface area contributed by atoms with E-state index in [1.54, 1.807) is 24.5 Å². The molecule has 7 nitrogen and oxygen atoms in total. The number of amides is 1. The van der Waals surface area contributed by atoms with Gasteiger partial charge in [0.2, 0.25) is 5.88 Å². The smallest absolute Gasteiger partial charge is 0.259 e. The molecule has 0 spiro atoms. The Bertz CT molecular complexity index is 1290. The number of hydrogen-bond donors (Lipinski definition) is 0. The van der Waals surface area contributed by atoms with Gasteiger partial charge in [-0.2, -0.15) is 0 Å². The molecular weight excluding hydrogens is 428 g/mol. The van der Waals surface area contributed by atoms with E-state index in [1.807, 2.05) is 48.4 Å². The Morgan fingerprint density at radius 2 is 1.94 bits per heavy atom. The predicted molar refractivity (Wildman–Crippen MR) is 129 cm³/mol. The highest BCUT2D eigenvalue weighted by Gasteiger charge is 2.26. The Hall–Kier alpha value is -3.84. The number of fused-ring (bicyclic) bond motifs is 1. The lowest BCUT2D eigenvalue weighted by atomic mass is 9.96. The van der Waals surface area contributed by atoms with Gasteiger partial charge in [-0.25, -0.2) is 4.98 Å². The topological polar surface area (TPSA) is 77.4 Å². The molecule has 1 aliphatic heterocycles. The summed E-state index contributed by atoms with van der Waals surface area (Å²) < 4.78 is 11.8. The number of pyridine rings is 3. The Morgan fingerprint density at radius 1 is 1.06 bits per heavy atom. The van der Waals surface area contributed by atoms with Crippen molar-refractivity contribution in [1.82, 2.24) is 19.9 Å². The fraction of sp³-hybridized carbons (Fsp3) is 0.259. The molecule has 0 aliphatic carbocycles. The van der Waals surface area contributed by atoms with Gasteiger partial charge in [0.1, 0.15) is 11.3 Å². The molecule has 1 unspecified atom stereocenters. The van der Waals surface area contributed by atoms with Crippen LogP contribution in [0.4, 0.5) is 0 Å². The Balaban J connectivity index is 1.35. The first-order valence-corrected chi connectivity index (χ1v) is 11.4. The first-order valence-electron chi connectivity index (χ1n) is 11.4. The molecule has 1 saturated heterocycles. The van der Waals surface area contributed by atoms with Crippen LogP contribution in [0.2, 0.25) is 0 Å². The zero-order valence-electron chi connectivity index (χ0n) is 19.1. The highest BCUT2D eigenvalue weighted by molar-refractivity contribution is 5.96. The van der Waals surface area contributed by atoms with Crippen molar-refractivity contribution >= 4 is 16.8 Å². The number of benzene rings is 1. The van der Waals surface area contributed by atoms with Crippen molar-refractivity contribution in [3.05, 3.63) is 90.0 Å². The van der Waals surface area contributed by atoms with Gasteiger partial charge < -0.3 is 14.4 Å². The fourth-order valence-electron chi connectivity index (χ4n) is 4.28. The molecular formula is C27H26N4O3. The van der Waals surface area contributed by atoms with Gasteiger partial charge in [-0.3, -0.25) is 14.8 Å². The fourth-order valence-corrected chi connectivity index (χ4v) is 4.28. The molecule has 172 valence electrons. The summed E-state index contributed by atoms with van der Waals surface area (Å²) in [5.74, 6) is 0.873. The second-order valence-electron chi connectivity index (χ2n) is 8.48. The maximum atomic E-state index is 13.6. The SMILES string of the molecule is Cc1ccc(Oc2ncccc2C(=O)N2CCOCC(Cc3cccc4ncccc34)C2)cn1. The molecule has 5 rings (SSSR count). The summed E-state index contributed by atoms with van der Waals surface area (Å²) >= 11 is 0. The largest absolute Gasteiger partial charge is 0.437 e. The van der Waals surface area contributed by atoms with Gasteiger partial charge in [0.05, 0.1) is 24.9 Å². The number of nitrogens with zero attached hydrogens (tertiary/aromatic N) is 4. The van der Waals surface area contributed by atoms with Crippen molar-refractivity contribution in [3.63, 3.8) is 0 Å². The van der Waals surface area contributed by atoms with E-state index in [0.29, 0.717) is 37.6 Å². The summed E-state index contributed by atoms with van der Waals surface area (Å²) in [4.78, 5) is 28.4. The van der Waals surface area contributed by atoms with Gasteiger partial charge in [0.25, 0.3) is 5.91 Å². The second-order valence-corrected chi connectivity index (χ2v) is 8.48. The zero-order valence-corrected chi connectivity index (χ0v) is 19.1. The Kier molecular flexibility index (Phi) is 6.44. The standard InChI is InChI=1S/C27H26N4O3/c1-19-9-10-22(16-30-19)34-26-24(7-4-12-29-26)27(32)31-13-14-33-18-20(17-31)15-21-5-2-8-25-23(21)6-3-11-28-25/h2-12,16,20H,13-15,17-18H2,1H3. The first-order chi connectivity index (χ1) is 16.7. The number of aryl methyl sites for hydroxylation is 1. The predicted octanol–water partition coefficient (Wildman–Crippen LogP) is 4.46. The molecule has 1 fully saturated rings. The molecule has 1 aromatic carbocycles. The molecule has 4 heterocycles. The van der Waals surface area contributed by atoms with Crippen LogP contribution in [0.25, 0.3) is 10.9 Å². The van der Waals surface area contributed by atoms with Gasteiger partial charge >= 0.3 is 0 Å². The molecule has 0 bridgehead atoms. The number of hydrogen-bond acceptors (Lipinski definition) is 6. The molecule has 1 amide bonds. The summed E-state index contributed by atoms with van der Waals surface area (Å²) in [6, 6.07) is 17.4. The third kappa shape index (κ3) is 4.89. The van der Waals surface area contributed by atoms with Crippen LogP contribution < -0.4 is 4.74 Å². The monoisotopic (exact) mass is 454 g/mol. The first kappa shape index (κ1) is 22.0. The van der Waals surface area contributed by atoms with E-state index < -0.39 is 0 Å². The molecule has 3 aromatic heterocycles. The van der Waals surface area contributed by atoms with Crippen molar-refractivity contribution in [1.29, 1.82) is 0 Å². The lowest BCUT2D eigenvalue weighted by Crippen LogP contribution is -2.36. The third-order valence-corrected chi connectivity index (χ3v) is 5.97. The van der Waals surface area contributed by atoms with Crippen LogP contribution in [-0.4, -0.2) is 52.1 Å². The molecule has 4 aromatic rings. The van der Waals surface area contributed by atoms with E-state index in [4.69, 9.17) is 9.47 Å². The molecule has 34 heavy (non-hydrogen) atoms. The van der Waals surface area contributed by atoms with Crippen LogP contribution >= 0.6 is 0 Å². The molecule has 0 saturated carbocycles. The van der Waals surface area contributed by atoms with E-state index in [2.05, 4.69) is 27.1 Å². The number of carbonyl (C=O) groups is 1. The van der Waals surface area contributed by atoms with Crippen LogP contribution in [0.15, 0.2) is 73.2 Å². The average molecular weight is 455 g/mol. The molecule has 0 radical (unpaired) electrons. The average Bonchev–Trinajstić information content (AvgIpc) is 3.11. The van der Waals surface area contributed by atoms with Crippen LogP contribution in [0, 0.1) is 12.8 Å². The van der Waals surface area contributed by atoms with Crippen LogP contribution in [-0.2, 0) is 11.2 Å². The summed E-state index contributed by atoms with van der Waals surface area (Å²) in [6.07, 6.45) is 5.86. The van der Waals surface area contributed by atoms with E-state index in [-0.39, 0.29) is 17.7 Å². The maximum Gasteiger partial charge on any atom is 0.259 e. The summed E-state index contributed by atoms with van der Waals surface area (Å²) in [5.41, 5.74) is 3.51. The van der Waals surface area contributed by atoms with E-state index >= 15 is 0 Å². The van der Waals surface area contributed by atoms with E-state index in [0.717, 1.165) is 23.0 Å². The lowest BCUT2D eigenvalue weighted by Gasteiger charge is -2.24. The number of carbonyl (C=O) groups excluding carboxylic acids is 1. The van der Waals surface area contributed by atoms with Gasteiger partial charge in [-0.05, 0) is 55.3 Å². The Labute approximate surface area is 198 Å². The highest BCUT2D eigenvalue weighted by Crippen LogP contribution is 2.26. The summed E-state index contributed by atoms with van der Waals surface area (Å²) in [6.45, 7) is 4.12.